The Morgan fingerprint density at radius 3 is 2.95 bits per heavy atom. The highest BCUT2D eigenvalue weighted by molar-refractivity contribution is 5.83. The lowest BCUT2D eigenvalue weighted by Crippen LogP contribution is -1.98. The van der Waals surface area contributed by atoms with E-state index in [0.29, 0.717) is 11.3 Å². The van der Waals surface area contributed by atoms with Crippen molar-refractivity contribution in [3.8, 4) is 11.6 Å². The first-order valence-electron chi connectivity index (χ1n) is 6.88. The van der Waals surface area contributed by atoms with E-state index in [0.717, 1.165) is 22.3 Å². The molecule has 0 radical (unpaired) electrons. The molecule has 0 saturated heterocycles. The van der Waals surface area contributed by atoms with Gasteiger partial charge < -0.3 is 9.72 Å². The predicted octanol–water partition coefficient (Wildman–Crippen LogP) is 3.76. The van der Waals surface area contributed by atoms with Crippen LogP contribution >= 0.6 is 0 Å². The second-order valence-electron chi connectivity index (χ2n) is 5.25. The first-order chi connectivity index (χ1) is 10.6. The van der Waals surface area contributed by atoms with Gasteiger partial charge in [-0.2, -0.15) is 10.1 Å². The molecule has 22 heavy (non-hydrogen) atoms. The van der Waals surface area contributed by atoms with Crippen molar-refractivity contribution < 1.29 is 9.13 Å². The lowest BCUT2D eigenvalue weighted by atomic mass is 10.2. The summed E-state index contributed by atoms with van der Waals surface area (Å²) in [6, 6.07) is 7.07. The smallest absolute Gasteiger partial charge is 0.247 e. The van der Waals surface area contributed by atoms with Crippen molar-refractivity contribution in [2.45, 2.75) is 13.8 Å². The molecule has 3 aromatic heterocycles. The summed E-state index contributed by atoms with van der Waals surface area (Å²) in [4.78, 5) is 7.23. The monoisotopic (exact) mass is 296 g/mol. The summed E-state index contributed by atoms with van der Waals surface area (Å²) in [6.45, 7) is 3.82. The summed E-state index contributed by atoms with van der Waals surface area (Å²) >= 11 is 0. The van der Waals surface area contributed by atoms with E-state index in [1.54, 1.807) is 22.7 Å². The molecule has 6 heteroatoms. The second-order valence-corrected chi connectivity index (χ2v) is 5.25. The zero-order chi connectivity index (χ0) is 15.3. The molecule has 0 bridgehead atoms. The van der Waals surface area contributed by atoms with Crippen LogP contribution in [0.1, 0.15) is 11.3 Å². The van der Waals surface area contributed by atoms with Crippen molar-refractivity contribution in [1.82, 2.24) is 19.6 Å². The van der Waals surface area contributed by atoms with E-state index >= 15 is 0 Å². The summed E-state index contributed by atoms with van der Waals surface area (Å²) in [5, 5.41) is 4.61. The minimum absolute atomic E-state index is 0.146. The molecule has 0 atom stereocenters. The highest BCUT2D eigenvalue weighted by Crippen LogP contribution is 2.31. The van der Waals surface area contributed by atoms with Gasteiger partial charge in [0.05, 0.1) is 0 Å². The fraction of sp³-hybridized carbons (Fsp3) is 0.125. The zero-order valence-electron chi connectivity index (χ0n) is 12.1. The molecule has 1 aromatic carbocycles. The third kappa shape index (κ3) is 1.84. The van der Waals surface area contributed by atoms with Crippen LogP contribution in [0.25, 0.3) is 16.4 Å². The van der Waals surface area contributed by atoms with Gasteiger partial charge in [-0.3, -0.25) is 0 Å². The zero-order valence-corrected chi connectivity index (χ0v) is 12.1. The number of rotatable bonds is 2. The van der Waals surface area contributed by atoms with Crippen LogP contribution in [-0.2, 0) is 0 Å². The molecule has 4 rings (SSSR count). The number of aryl methyl sites for hydroxylation is 2. The molecular formula is C16H13FN4O. The lowest BCUT2D eigenvalue weighted by molar-refractivity contribution is 0.431. The molecule has 0 aliphatic carbocycles. The lowest BCUT2D eigenvalue weighted by Gasteiger charge is -2.08. The van der Waals surface area contributed by atoms with Crippen molar-refractivity contribution in [3.05, 3.63) is 53.9 Å². The fourth-order valence-corrected chi connectivity index (χ4v) is 2.62. The van der Waals surface area contributed by atoms with Gasteiger partial charge in [0.15, 0.2) is 11.6 Å². The first-order valence-corrected chi connectivity index (χ1v) is 6.88. The quantitative estimate of drug-likeness (QED) is 0.613. The average Bonchev–Trinajstić information content (AvgIpc) is 3.06. The number of nitrogens with one attached hydrogen (secondary N) is 1. The van der Waals surface area contributed by atoms with Gasteiger partial charge in [0.2, 0.25) is 5.88 Å². The van der Waals surface area contributed by atoms with E-state index in [4.69, 9.17) is 4.74 Å². The van der Waals surface area contributed by atoms with Crippen molar-refractivity contribution >= 4 is 16.4 Å². The Bertz CT molecular complexity index is 1000. The normalized spacial score (nSPS) is 11.4. The van der Waals surface area contributed by atoms with Gasteiger partial charge in [0, 0.05) is 22.8 Å². The summed E-state index contributed by atoms with van der Waals surface area (Å²) in [5.41, 5.74) is 3.34. The van der Waals surface area contributed by atoms with Crippen molar-refractivity contribution in [2.24, 2.45) is 0 Å². The molecule has 0 aliphatic heterocycles. The van der Waals surface area contributed by atoms with Crippen molar-refractivity contribution in [2.75, 3.05) is 0 Å². The molecule has 110 valence electrons. The average molecular weight is 296 g/mol. The number of aromatic nitrogens is 4. The van der Waals surface area contributed by atoms with Gasteiger partial charge in [-0.1, -0.05) is 0 Å². The Morgan fingerprint density at radius 1 is 1.23 bits per heavy atom. The number of H-pyrrole nitrogens is 1. The topological polar surface area (TPSA) is 55.2 Å². The van der Waals surface area contributed by atoms with Gasteiger partial charge in [0.25, 0.3) is 0 Å². The highest BCUT2D eigenvalue weighted by atomic mass is 19.1. The van der Waals surface area contributed by atoms with Gasteiger partial charge in [-0.25, -0.2) is 8.91 Å². The number of fused-ring (bicyclic) bond motifs is 2. The maximum absolute atomic E-state index is 14.6. The van der Waals surface area contributed by atoms with E-state index in [2.05, 4.69) is 15.1 Å². The Labute approximate surface area is 125 Å². The molecule has 1 N–H and O–H groups in total. The van der Waals surface area contributed by atoms with Crippen LogP contribution in [0.5, 0.6) is 11.6 Å². The van der Waals surface area contributed by atoms with Crippen LogP contribution in [0.2, 0.25) is 0 Å². The predicted molar refractivity (Wildman–Crippen MR) is 80.8 cm³/mol. The minimum Gasteiger partial charge on any atom is -0.434 e. The summed E-state index contributed by atoms with van der Waals surface area (Å²) in [5.74, 6) is 0.0820. The van der Waals surface area contributed by atoms with E-state index in [1.165, 1.54) is 6.33 Å². The summed E-state index contributed by atoms with van der Waals surface area (Å²) < 4.78 is 22.0. The van der Waals surface area contributed by atoms with Gasteiger partial charge in [0.1, 0.15) is 11.8 Å². The molecule has 4 aromatic rings. The standard InChI is InChI=1S/C16H13FN4O/c1-9-5-6-21-15(9)16(18-8-19-21)22-13-4-3-12-11(14(13)17)7-10(2)20-12/h3-8,20H,1-2H3. The van der Waals surface area contributed by atoms with Gasteiger partial charge >= 0.3 is 0 Å². The van der Waals surface area contributed by atoms with Crippen LogP contribution in [0.4, 0.5) is 4.39 Å². The largest absolute Gasteiger partial charge is 0.434 e. The molecule has 0 saturated carbocycles. The fourth-order valence-electron chi connectivity index (χ4n) is 2.62. The maximum Gasteiger partial charge on any atom is 0.247 e. The van der Waals surface area contributed by atoms with Crippen LogP contribution in [0.15, 0.2) is 36.8 Å². The number of halogens is 1. The van der Waals surface area contributed by atoms with Crippen LogP contribution < -0.4 is 4.74 Å². The van der Waals surface area contributed by atoms with Crippen molar-refractivity contribution in [3.63, 3.8) is 0 Å². The summed E-state index contributed by atoms with van der Waals surface area (Å²) in [6.07, 6.45) is 3.20. The number of hydrogen-bond donors (Lipinski definition) is 1. The first kappa shape index (κ1) is 12.8. The second kappa shape index (κ2) is 4.56. The molecule has 0 aliphatic rings. The minimum atomic E-state index is -0.400. The van der Waals surface area contributed by atoms with E-state index in [-0.39, 0.29) is 5.75 Å². The number of nitrogens with zero attached hydrogens (tertiary/aromatic N) is 3. The third-order valence-corrected chi connectivity index (χ3v) is 3.67. The number of benzene rings is 1. The van der Waals surface area contributed by atoms with E-state index < -0.39 is 5.82 Å². The maximum atomic E-state index is 14.6. The van der Waals surface area contributed by atoms with Crippen molar-refractivity contribution in [1.29, 1.82) is 0 Å². The molecule has 5 nitrogen and oxygen atoms in total. The molecule has 0 amide bonds. The van der Waals surface area contributed by atoms with Crippen LogP contribution in [0.3, 0.4) is 0 Å². The SMILES string of the molecule is Cc1cc2c(F)c(Oc3ncnn4ccc(C)c34)ccc2[nH]1. The van der Waals surface area contributed by atoms with Gasteiger partial charge in [-0.15, -0.1) is 0 Å². The number of hydrogen-bond acceptors (Lipinski definition) is 3. The molecule has 0 spiro atoms. The Balaban J connectivity index is 1.85. The van der Waals surface area contributed by atoms with Gasteiger partial charge in [-0.05, 0) is 43.7 Å². The van der Waals surface area contributed by atoms with Crippen LogP contribution in [0, 0.1) is 19.7 Å². The summed E-state index contributed by atoms with van der Waals surface area (Å²) in [7, 11) is 0. The Morgan fingerprint density at radius 2 is 2.09 bits per heavy atom. The number of ether oxygens (including phenoxy) is 1. The number of aromatic amines is 1. The Hall–Kier alpha value is -2.89. The molecule has 3 heterocycles. The molecule has 0 fully saturated rings. The Kier molecular flexibility index (Phi) is 2.66. The van der Waals surface area contributed by atoms with E-state index in [1.807, 2.05) is 26.1 Å². The molecular weight excluding hydrogens is 283 g/mol. The van der Waals surface area contributed by atoms with E-state index in [9.17, 15) is 4.39 Å². The van der Waals surface area contributed by atoms with Crippen LogP contribution in [-0.4, -0.2) is 19.6 Å². The highest BCUT2D eigenvalue weighted by Gasteiger charge is 2.15. The third-order valence-electron chi connectivity index (χ3n) is 3.67. The molecule has 0 unspecified atom stereocenters.